The number of likely N-dealkylation sites (tertiary alicyclic amines) is 1. The predicted octanol–water partition coefficient (Wildman–Crippen LogP) is 3.99. The fraction of sp³-hybridized carbons (Fsp3) is 0.357. The van der Waals surface area contributed by atoms with E-state index in [9.17, 15) is 14.7 Å². The van der Waals surface area contributed by atoms with Gasteiger partial charge in [0, 0.05) is 38.9 Å². The molecule has 2 fully saturated rings. The van der Waals surface area contributed by atoms with Crippen molar-refractivity contribution in [3.8, 4) is 5.75 Å². The van der Waals surface area contributed by atoms with Gasteiger partial charge in [-0.25, -0.2) is 4.79 Å². The molecule has 0 aromatic heterocycles. The summed E-state index contributed by atoms with van der Waals surface area (Å²) < 4.78 is 5.16. The first-order valence-electron chi connectivity index (χ1n) is 12.1. The van der Waals surface area contributed by atoms with E-state index in [-0.39, 0.29) is 24.2 Å². The topological polar surface area (TPSA) is 73.3 Å². The molecule has 7 heteroatoms. The van der Waals surface area contributed by atoms with Crippen LogP contribution >= 0.6 is 0 Å². The van der Waals surface area contributed by atoms with Gasteiger partial charge in [0.05, 0.1) is 13.2 Å². The number of hydrogen-bond acceptors (Lipinski definition) is 5. The Morgan fingerprint density at radius 1 is 0.914 bits per heavy atom. The van der Waals surface area contributed by atoms with E-state index in [1.165, 1.54) is 4.90 Å². The van der Waals surface area contributed by atoms with Gasteiger partial charge in [-0.2, -0.15) is 0 Å². The van der Waals surface area contributed by atoms with Gasteiger partial charge in [-0.05, 0) is 35.2 Å². The summed E-state index contributed by atoms with van der Waals surface area (Å²) >= 11 is 0. The fourth-order valence-corrected chi connectivity index (χ4v) is 5.43. The Balaban J connectivity index is 1.38. The zero-order valence-corrected chi connectivity index (χ0v) is 20.0. The van der Waals surface area contributed by atoms with E-state index >= 15 is 0 Å². The highest BCUT2D eigenvalue weighted by Gasteiger charge is 2.57. The van der Waals surface area contributed by atoms with Crippen LogP contribution in [0.3, 0.4) is 0 Å². The Morgan fingerprint density at radius 3 is 2.37 bits per heavy atom. The van der Waals surface area contributed by atoms with E-state index < -0.39 is 5.54 Å². The molecule has 3 aromatic carbocycles. The molecule has 0 atom stereocenters. The van der Waals surface area contributed by atoms with E-state index in [1.807, 2.05) is 60.7 Å². The normalized spacial score (nSPS) is 18.2. The summed E-state index contributed by atoms with van der Waals surface area (Å²) in [6.07, 6.45) is 1.11. The molecule has 2 aliphatic heterocycles. The minimum absolute atomic E-state index is 0.122. The summed E-state index contributed by atoms with van der Waals surface area (Å²) in [5.41, 5.74) is 1.05. The first-order chi connectivity index (χ1) is 17.0. The highest BCUT2D eigenvalue weighted by Crippen LogP contribution is 2.39. The molecule has 35 heavy (non-hydrogen) atoms. The average molecular weight is 474 g/mol. The lowest BCUT2D eigenvalue weighted by molar-refractivity contribution is -0.136. The molecular weight excluding hydrogens is 442 g/mol. The van der Waals surface area contributed by atoms with Crippen LogP contribution in [0.4, 0.5) is 4.79 Å². The number of urea groups is 1. The van der Waals surface area contributed by atoms with Crippen molar-refractivity contribution in [3.63, 3.8) is 0 Å². The van der Waals surface area contributed by atoms with E-state index in [0.29, 0.717) is 45.6 Å². The van der Waals surface area contributed by atoms with Gasteiger partial charge in [0.1, 0.15) is 11.3 Å². The number of ether oxygens (including phenoxy) is 1. The number of amides is 3. The Morgan fingerprint density at radius 2 is 1.63 bits per heavy atom. The molecule has 7 nitrogen and oxygen atoms in total. The quantitative estimate of drug-likeness (QED) is 0.526. The Bertz CT molecular complexity index is 1220. The number of imide groups is 1. The largest absolute Gasteiger partial charge is 0.508 e. The standard InChI is InChI=1S/C28H31N3O4/c1-35-18-17-30-26(33)28(31(27(30)34)19-21-7-3-2-4-8-21)13-15-29(16-14-28)20-24-23-10-6-5-9-22(23)11-12-25(24)32/h2-12,32H,13-20H2,1H3. The number of hydrogen-bond donors (Lipinski definition) is 1. The molecule has 0 radical (unpaired) electrons. The van der Waals surface area contributed by atoms with Crippen molar-refractivity contribution in [1.29, 1.82) is 0 Å². The van der Waals surface area contributed by atoms with Gasteiger partial charge in [-0.15, -0.1) is 0 Å². The molecule has 1 N–H and O–H groups in total. The number of benzene rings is 3. The van der Waals surface area contributed by atoms with Crippen LogP contribution in [0.25, 0.3) is 10.8 Å². The number of phenolic OH excluding ortho intramolecular Hbond substituents is 1. The number of aromatic hydroxyl groups is 1. The number of methoxy groups -OCH3 is 1. The van der Waals surface area contributed by atoms with Crippen molar-refractivity contribution in [2.45, 2.75) is 31.5 Å². The molecule has 0 bridgehead atoms. The van der Waals surface area contributed by atoms with Gasteiger partial charge in [-0.3, -0.25) is 14.6 Å². The van der Waals surface area contributed by atoms with Crippen molar-refractivity contribution in [1.82, 2.24) is 14.7 Å². The zero-order valence-electron chi connectivity index (χ0n) is 20.0. The molecular formula is C28H31N3O4. The minimum Gasteiger partial charge on any atom is -0.508 e. The second kappa shape index (κ2) is 9.68. The lowest BCUT2D eigenvalue weighted by Crippen LogP contribution is -2.56. The van der Waals surface area contributed by atoms with Gasteiger partial charge in [0.15, 0.2) is 0 Å². The summed E-state index contributed by atoms with van der Waals surface area (Å²) in [4.78, 5) is 32.4. The number of carbonyl (C=O) groups excluding carboxylic acids is 2. The van der Waals surface area contributed by atoms with Crippen LogP contribution in [0.1, 0.15) is 24.0 Å². The second-order valence-electron chi connectivity index (χ2n) is 9.40. The molecule has 2 heterocycles. The Hall–Kier alpha value is -3.42. The smallest absolute Gasteiger partial charge is 0.328 e. The van der Waals surface area contributed by atoms with Crippen LogP contribution in [0.15, 0.2) is 66.7 Å². The average Bonchev–Trinajstić information content (AvgIpc) is 3.07. The second-order valence-corrected chi connectivity index (χ2v) is 9.40. The summed E-state index contributed by atoms with van der Waals surface area (Å²) in [5.74, 6) is 0.163. The maximum Gasteiger partial charge on any atom is 0.328 e. The van der Waals surface area contributed by atoms with Gasteiger partial charge < -0.3 is 14.7 Å². The molecule has 0 aliphatic carbocycles. The van der Waals surface area contributed by atoms with Crippen LogP contribution in [0.2, 0.25) is 0 Å². The SMILES string of the molecule is COCCN1C(=O)N(Cc2ccccc2)C2(CCN(Cc3c(O)ccc4ccccc34)CC2)C1=O. The van der Waals surface area contributed by atoms with Crippen molar-refractivity contribution in [3.05, 3.63) is 77.9 Å². The van der Waals surface area contributed by atoms with Gasteiger partial charge in [-0.1, -0.05) is 60.7 Å². The molecule has 0 unspecified atom stereocenters. The molecule has 3 amide bonds. The highest BCUT2D eigenvalue weighted by atomic mass is 16.5. The third kappa shape index (κ3) is 4.26. The number of fused-ring (bicyclic) bond motifs is 1. The van der Waals surface area contributed by atoms with Crippen molar-refractivity contribution >= 4 is 22.7 Å². The van der Waals surface area contributed by atoms with Crippen LogP contribution in [0, 0.1) is 0 Å². The summed E-state index contributed by atoms with van der Waals surface area (Å²) in [7, 11) is 1.57. The molecule has 2 saturated heterocycles. The van der Waals surface area contributed by atoms with E-state index in [2.05, 4.69) is 4.90 Å². The van der Waals surface area contributed by atoms with Gasteiger partial charge in [0.2, 0.25) is 0 Å². The van der Waals surface area contributed by atoms with Crippen molar-refractivity contribution in [2.24, 2.45) is 0 Å². The molecule has 182 valence electrons. The van der Waals surface area contributed by atoms with Crippen LogP contribution in [-0.4, -0.2) is 70.6 Å². The molecule has 2 aliphatic rings. The molecule has 0 saturated carbocycles. The van der Waals surface area contributed by atoms with E-state index in [0.717, 1.165) is 21.9 Å². The summed E-state index contributed by atoms with van der Waals surface area (Å²) in [6.45, 7) is 2.89. The molecule has 5 rings (SSSR count). The van der Waals surface area contributed by atoms with E-state index in [4.69, 9.17) is 4.74 Å². The van der Waals surface area contributed by atoms with Crippen LogP contribution in [0.5, 0.6) is 5.75 Å². The number of rotatable bonds is 7. The summed E-state index contributed by atoms with van der Waals surface area (Å²) in [6, 6.07) is 21.3. The van der Waals surface area contributed by atoms with Crippen molar-refractivity contribution < 1.29 is 19.4 Å². The number of piperidine rings is 1. The van der Waals surface area contributed by atoms with Crippen molar-refractivity contribution in [2.75, 3.05) is 33.4 Å². The zero-order chi connectivity index (χ0) is 24.4. The third-order valence-electron chi connectivity index (χ3n) is 7.41. The maximum absolute atomic E-state index is 13.6. The van der Waals surface area contributed by atoms with Crippen LogP contribution < -0.4 is 0 Å². The Labute approximate surface area is 205 Å². The molecule has 1 spiro atoms. The first-order valence-corrected chi connectivity index (χ1v) is 12.1. The van der Waals surface area contributed by atoms with Gasteiger partial charge in [0.25, 0.3) is 5.91 Å². The summed E-state index contributed by atoms with van der Waals surface area (Å²) in [5, 5.41) is 12.7. The number of carbonyl (C=O) groups is 2. The Kier molecular flexibility index (Phi) is 6.45. The lowest BCUT2D eigenvalue weighted by Gasteiger charge is -2.42. The van der Waals surface area contributed by atoms with Gasteiger partial charge >= 0.3 is 6.03 Å². The number of nitrogens with zero attached hydrogens (tertiary/aromatic N) is 3. The number of phenols is 1. The van der Waals surface area contributed by atoms with Crippen LogP contribution in [-0.2, 0) is 22.6 Å². The van der Waals surface area contributed by atoms with E-state index in [1.54, 1.807) is 18.1 Å². The first kappa shape index (κ1) is 23.3. The third-order valence-corrected chi connectivity index (χ3v) is 7.41. The predicted molar refractivity (Wildman–Crippen MR) is 134 cm³/mol. The molecule has 3 aromatic rings. The maximum atomic E-state index is 13.6. The lowest BCUT2D eigenvalue weighted by atomic mass is 9.85. The fourth-order valence-electron chi connectivity index (χ4n) is 5.43. The minimum atomic E-state index is -0.849. The monoisotopic (exact) mass is 473 g/mol. The highest BCUT2D eigenvalue weighted by molar-refractivity contribution is 6.07.